The first-order valence-electron chi connectivity index (χ1n) is 17.1. The fraction of sp³-hybridized carbons (Fsp3) is 0.514. The van der Waals surface area contributed by atoms with Gasteiger partial charge in [-0.15, -0.1) is 0 Å². The highest BCUT2D eigenvalue weighted by molar-refractivity contribution is 7.39. The van der Waals surface area contributed by atoms with Crippen LogP contribution in [0.4, 0.5) is 20.8 Å². The Hall–Kier alpha value is -4.37. The van der Waals surface area contributed by atoms with Gasteiger partial charge in [0.05, 0.1) is 24.4 Å². The second-order valence-corrected chi connectivity index (χ2v) is 15.3. The molecule has 1 amide bonds. The van der Waals surface area contributed by atoms with Gasteiger partial charge in [-0.05, 0) is 69.7 Å². The number of hydrogen-bond donors (Lipinski definition) is 4. The first-order valence-corrected chi connectivity index (χ1v) is 18.2. The van der Waals surface area contributed by atoms with Gasteiger partial charge in [-0.25, -0.2) is 23.4 Å². The number of amides is 1. The highest BCUT2D eigenvalue weighted by Crippen LogP contribution is 2.43. The van der Waals surface area contributed by atoms with E-state index >= 15 is 4.39 Å². The normalized spacial score (nSPS) is 19.5. The van der Waals surface area contributed by atoms with Gasteiger partial charge in [-0.2, -0.15) is 10.2 Å². The third-order valence-corrected chi connectivity index (χ3v) is 9.88. The molecule has 15 nitrogen and oxygen atoms in total. The molecule has 3 atom stereocenters. The van der Waals surface area contributed by atoms with Crippen molar-refractivity contribution in [1.82, 2.24) is 29.7 Å². The summed E-state index contributed by atoms with van der Waals surface area (Å²) in [5.74, 6) is 0.255. The molecule has 0 aliphatic heterocycles. The summed E-state index contributed by atoms with van der Waals surface area (Å²) >= 11 is 0. The maximum absolute atomic E-state index is 15.2. The Morgan fingerprint density at radius 3 is 2.62 bits per heavy atom. The van der Waals surface area contributed by atoms with E-state index in [1.54, 1.807) is 36.2 Å². The summed E-state index contributed by atoms with van der Waals surface area (Å²) in [6.45, 7) is 9.38. The van der Waals surface area contributed by atoms with E-state index in [0.29, 0.717) is 40.7 Å². The van der Waals surface area contributed by atoms with Crippen molar-refractivity contribution in [2.45, 2.75) is 109 Å². The van der Waals surface area contributed by atoms with Crippen LogP contribution in [0.1, 0.15) is 86.9 Å². The summed E-state index contributed by atoms with van der Waals surface area (Å²) in [6.07, 6.45) is 2.34. The van der Waals surface area contributed by atoms with E-state index in [0.717, 1.165) is 24.0 Å². The molecule has 1 aromatic carbocycles. The van der Waals surface area contributed by atoms with Crippen molar-refractivity contribution in [1.29, 1.82) is 0 Å². The number of benzene rings is 1. The summed E-state index contributed by atoms with van der Waals surface area (Å²) in [4.78, 5) is 49.6. The van der Waals surface area contributed by atoms with Crippen molar-refractivity contribution in [2.24, 2.45) is 0 Å². The lowest BCUT2D eigenvalue weighted by atomic mass is 9.78. The van der Waals surface area contributed by atoms with Gasteiger partial charge in [-0.3, -0.25) is 4.79 Å². The molecule has 2 fully saturated rings. The zero-order valence-electron chi connectivity index (χ0n) is 30.1. The van der Waals surface area contributed by atoms with Crippen LogP contribution >= 0.6 is 8.60 Å². The molecule has 2 saturated carbocycles. The third kappa shape index (κ3) is 8.63. The molecule has 4 N–H and O–H groups in total. The van der Waals surface area contributed by atoms with Crippen LogP contribution in [-0.4, -0.2) is 71.2 Å². The average Bonchev–Trinajstić information content (AvgIpc) is 3.34. The van der Waals surface area contributed by atoms with Crippen molar-refractivity contribution in [3.63, 3.8) is 0 Å². The number of alkyl carbamates (subject to hydrolysis) is 1. The van der Waals surface area contributed by atoms with Crippen LogP contribution in [0.5, 0.6) is 5.75 Å². The molecule has 4 aromatic rings. The molecule has 17 heteroatoms. The molecular formula is C35H45FN7O8P. The Morgan fingerprint density at radius 2 is 1.90 bits per heavy atom. The summed E-state index contributed by atoms with van der Waals surface area (Å²) in [7, 11) is -1.09. The Labute approximate surface area is 301 Å². The van der Waals surface area contributed by atoms with Crippen molar-refractivity contribution in [3.05, 3.63) is 64.7 Å². The predicted molar refractivity (Wildman–Crippen MR) is 189 cm³/mol. The number of rotatable bonds is 14. The number of nitrogens with zero attached hydrogens (tertiary/aromatic N) is 5. The van der Waals surface area contributed by atoms with E-state index in [1.807, 2.05) is 46.8 Å². The minimum absolute atomic E-state index is 0.0653. The van der Waals surface area contributed by atoms with E-state index in [4.69, 9.17) is 23.8 Å². The van der Waals surface area contributed by atoms with Crippen LogP contribution in [0.3, 0.4) is 0 Å². The largest absolute Gasteiger partial charge is 0.443 e. The molecule has 2 aliphatic carbocycles. The van der Waals surface area contributed by atoms with E-state index in [-0.39, 0.29) is 43.2 Å². The molecular weight excluding hydrogens is 696 g/mol. The average molecular weight is 742 g/mol. The molecule has 0 saturated heterocycles. The number of methoxy groups -OCH3 is 1. The number of alkyl halides is 1. The molecule has 3 aromatic heterocycles. The van der Waals surface area contributed by atoms with E-state index in [1.165, 1.54) is 4.68 Å². The molecule has 0 spiro atoms. The maximum atomic E-state index is 15.2. The number of anilines is 2. The number of ether oxygens (including phenoxy) is 3. The number of aromatic nitrogens is 5. The second kappa shape index (κ2) is 14.9. The first-order chi connectivity index (χ1) is 24.6. The zero-order valence-corrected chi connectivity index (χ0v) is 30.9. The number of nitrogens with one attached hydrogen (secondary N) is 2. The summed E-state index contributed by atoms with van der Waals surface area (Å²) in [5.41, 5.74) is 3.14. The topological polar surface area (TPSA) is 184 Å². The summed E-state index contributed by atoms with van der Waals surface area (Å²) in [5, 5.41) is 15.3. The lowest BCUT2D eigenvalue weighted by molar-refractivity contribution is -0.149. The van der Waals surface area contributed by atoms with Gasteiger partial charge in [-0.1, -0.05) is 19.9 Å². The van der Waals surface area contributed by atoms with Crippen LogP contribution in [0.15, 0.2) is 36.7 Å². The minimum atomic E-state index is -2.68. The fourth-order valence-electron chi connectivity index (χ4n) is 6.87. The Morgan fingerprint density at radius 1 is 1.13 bits per heavy atom. The highest BCUT2D eigenvalue weighted by atomic mass is 31.2. The van der Waals surface area contributed by atoms with Crippen LogP contribution in [0.25, 0.3) is 5.52 Å². The molecule has 280 valence electrons. The lowest BCUT2D eigenvalue weighted by Gasteiger charge is -2.29. The quantitative estimate of drug-likeness (QED) is 0.0908. The number of fused-ring (bicyclic) bond motifs is 1. The van der Waals surface area contributed by atoms with Crippen LogP contribution in [0, 0.1) is 13.8 Å². The maximum Gasteiger partial charge on any atom is 0.407 e. The van der Waals surface area contributed by atoms with Crippen molar-refractivity contribution < 1.29 is 42.5 Å². The molecule has 3 unspecified atom stereocenters. The van der Waals surface area contributed by atoms with E-state index in [2.05, 4.69) is 20.7 Å². The van der Waals surface area contributed by atoms with Gasteiger partial charge in [0.15, 0.2) is 12.5 Å². The number of halogens is 1. The van der Waals surface area contributed by atoms with E-state index in [9.17, 15) is 19.4 Å². The number of aryl methyl sites for hydroxylation is 2. The lowest BCUT2D eigenvalue weighted by Crippen LogP contribution is -2.38. The van der Waals surface area contributed by atoms with Gasteiger partial charge >= 0.3 is 20.7 Å². The van der Waals surface area contributed by atoms with Gasteiger partial charge in [0.25, 0.3) is 0 Å². The summed E-state index contributed by atoms with van der Waals surface area (Å²) in [6, 6.07) is 7.23. The Balaban J connectivity index is 1.22. The van der Waals surface area contributed by atoms with E-state index < -0.39 is 38.4 Å². The molecule has 2 aliphatic rings. The minimum Gasteiger partial charge on any atom is -0.443 e. The number of carbonyl (C=O) groups excluding carboxylic acids is 2. The van der Waals surface area contributed by atoms with Gasteiger partial charge in [0.1, 0.15) is 29.4 Å². The second-order valence-electron chi connectivity index (χ2n) is 14.6. The Kier molecular flexibility index (Phi) is 10.7. The van der Waals surface area contributed by atoms with Gasteiger partial charge in [0, 0.05) is 48.0 Å². The highest BCUT2D eigenvalue weighted by Gasteiger charge is 2.43. The van der Waals surface area contributed by atoms with Crippen molar-refractivity contribution in [2.75, 3.05) is 12.4 Å². The molecule has 3 heterocycles. The molecule has 0 bridgehead atoms. The zero-order chi connectivity index (χ0) is 37.4. The van der Waals surface area contributed by atoms with Crippen LogP contribution in [-0.2, 0) is 37.8 Å². The van der Waals surface area contributed by atoms with Crippen LogP contribution in [0.2, 0.25) is 0 Å². The number of esters is 1. The monoisotopic (exact) mass is 741 g/mol. The predicted octanol–water partition coefficient (Wildman–Crippen LogP) is 5.75. The Bertz CT molecular complexity index is 1950. The van der Waals surface area contributed by atoms with Crippen molar-refractivity contribution in [3.8, 4) is 5.75 Å². The van der Waals surface area contributed by atoms with Crippen LogP contribution < -0.4 is 15.2 Å². The van der Waals surface area contributed by atoms with Gasteiger partial charge < -0.3 is 39.2 Å². The number of carbonyl (C=O) groups is 2. The standard InChI is InChI=1S/C35H45FN7O8P/c1-20-11-21(2)31(28(12-20)51-52(46)47)34(3,4)17-30(44)49-19-43-29(38-32-26-15-23(18-48-6)40-42(26)10-9-37-32)16-25(41-43)22-13-24(36)27(14-22)50-33(45)39-35(5)7-8-35/h9-12,15-16,22,24,27,46-47H,7-8,13-14,17-19H2,1-6H3,(H,37,38)(H,39,45). The van der Waals surface area contributed by atoms with Gasteiger partial charge in [0.2, 0.25) is 0 Å². The first kappa shape index (κ1) is 37.4. The fourth-order valence-corrected chi connectivity index (χ4v) is 7.19. The SMILES string of the molecule is COCc1cc2c(Nc3cc(C4CC(F)C(OC(=O)NC5(C)CC5)C4)nn3COC(=O)CC(C)(C)c3c(C)cc(C)cc3OP(O)O)nccn2n1. The summed E-state index contributed by atoms with van der Waals surface area (Å²) < 4.78 is 40.2. The number of hydrogen-bond acceptors (Lipinski definition) is 12. The molecule has 6 rings (SSSR count). The molecule has 52 heavy (non-hydrogen) atoms. The third-order valence-electron chi connectivity index (χ3n) is 9.52. The van der Waals surface area contributed by atoms with Crippen molar-refractivity contribution >= 4 is 37.8 Å². The molecule has 0 radical (unpaired) electrons. The smallest absolute Gasteiger partial charge is 0.407 e.